The third kappa shape index (κ3) is 2.32. The molecule has 0 bridgehead atoms. The van der Waals surface area contributed by atoms with Gasteiger partial charge in [-0.15, -0.1) is 0 Å². The maximum Gasteiger partial charge on any atom is 0.341 e. The number of nitrogen functional groups attached to an aromatic ring is 1. The van der Waals surface area contributed by atoms with Gasteiger partial charge < -0.3 is 10.8 Å². The van der Waals surface area contributed by atoms with Gasteiger partial charge in [0.05, 0.1) is 0 Å². The van der Waals surface area contributed by atoms with E-state index in [0.29, 0.717) is 5.16 Å². The SMILES string of the molecule is CCSc1ncc(C(=O)O)c(N)n1. The molecule has 1 rings (SSSR count). The Bertz CT molecular complexity index is 330. The van der Waals surface area contributed by atoms with Crippen LogP contribution in [0.5, 0.6) is 0 Å². The quantitative estimate of drug-likeness (QED) is 0.554. The molecule has 1 aromatic rings. The minimum absolute atomic E-state index is 0.0125. The first kappa shape index (κ1) is 9.79. The van der Waals surface area contributed by atoms with Crippen molar-refractivity contribution in [3.8, 4) is 0 Å². The number of hydrogen-bond donors (Lipinski definition) is 2. The highest BCUT2D eigenvalue weighted by Gasteiger charge is 2.10. The van der Waals surface area contributed by atoms with Gasteiger partial charge in [-0.1, -0.05) is 18.7 Å². The Balaban J connectivity index is 2.98. The monoisotopic (exact) mass is 199 g/mol. The second kappa shape index (κ2) is 4.08. The van der Waals surface area contributed by atoms with E-state index in [1.165, 1.54) is 18.0 Å². The summed E-state index contributed by atoms with van der Waals surface area (Å²) in [5.74, 6) is -0.268. The zero-order chi connectivity index (χ0) is 9.84. The summed E-state index contributed by atoms with van der Waals surface area (Å²) < 4.78 is 0. The first-order chi connectivity index (χ1) is 6.15. The van der Waals surface area contributed by atoms with Crippen LogP contribution in [0.2, 0.25) is 0 Å². The zero-order valence-corrected chi connectivity index (χ0v) is 7.84. The normalized spacial score (nSPS) is 9.92. The Kier molecular flexibility index (Phi) is 3.07. The second-order valence-corrected chi connectivity index (χ2v) is 3.42. The highest BCUT2D eigenvalue weighted by molar-refractivity contribution is 7.99. The molecule has 0 aliphatic heterocycles. The van der Waals surface area contributed by atoms with Crippen molar-refractivity contribution < 1.29 is 9.90 Å². The highest BCUT2D eigenvalue weighted by atomic mass is 32.2. The van der Waals surface area contributed by atoms with E-state index in [-0.39, 0.29) is 11.4 Å². The summed E-state index contributed by atoms with van der Waals surface area (Å²) in [5, 5.41) is 9.12. The van der Waals surface area contributed by atoms with Crippen LogP contribution in [-0.4, -0.2) is 26.8 Å². The van der Waals surface area contributed by atoms with Crippen LogP contribution in [0.3, 0.4) is 0 Å². The third-order valence-electron chi connectivity index (χ3n) is 1.30. The molecule has 6 heteroatoms. The number of thioether (sulfide) groups is 1. The molecular weight excluding hydrogens is 190 g/mol. The maximum absolute atomic E-state index is 10.5. The second-order valence-electron chi connectivity index (χ2n) is 2.19. The molecule has 0 aliphatic carbocycles. The minimum atomic E-state index is -1.11. The molecule has 1 aromatic heterocycles. The standard InChI is InChI=1S/C7H9N3O2S/c1-2-13-7-9-3-4(6(11)12)5(8)10-7/h3H,2H2,1H3,(H,11,12)(H2,8,9,10). The summed E-state index contributed by atoms with van der Waals surface area (Å²) >= 11 is 1.41. The Hall–Kier alpha value is -1.30. The van der Waals surface area contributed by atoms with Gasteiger partial charge >= 0.3 is 5.97 Å². The summed E-state index contributed by atoms with van der Waals surface area (Å²) in [7, 11) is 0. The zero-order valence-electron chi connectivity index (χ0n) is 7.02. The van der Waals surface area contributed by atoms with Crippen molar-refractivity contribution in [1.82, 2.24) is 9.97 Å². The van der Waals surface area contributed by atoms with Crippen molar-refractivity contribution in [3.05, 3.63) is 11.8 Å². The molecule has 70 valence electrons. The van der Waals surface area contributed by atoms with Gasteiger partial charge in [-0.05, 0) is 5.75 Å². The van der Waals surface area contributed by atoms with Gasteiger partial charge in [0.1, 0.15) is 11.4 Å². The lowest BCUT2D eigenvalue weighted by molar-refractivity contribution is 0.0697. The predicted octanol–water partition coefficient (Wildman–Crippen LogP) is 0.869. The van der Waals surface area contributed by atoms with Gasteiger partial charge in [0.15, 0.2) is 5.16 Å². The lowest BCUT2D eigenvalue weighted by atomic mass is 10.3. The molecule has 0 fully saturated rings. The van der Waals surface area contributed by atoms with Crippen LogP contribution in [-0.2, 0) is 0 Å². The topological polar surface area (TPSA) is 89.1 Å². The first-order valence-electron chi connectivity index (χ1n) is 3.63. The Morgan fingerprint density at radius 3 is 2.92 bits per heavy atom. The Morgan fingerprint density at radius 1 is 1.77 bits per heavy atom. The van der Waals surface area contributed by atoms with Crippen LogP contribution >= 0.6 is 11.8 Å². The molecule has 3 N–H and O–H groups in total. The van der Waals surface area contributed by atoms with Crippen molar-refractivity contribution in [2.45, 2.75) is 12.1 Å². The molecular formula is C7H9N3O2S. The molecule has 0 saturated heterocycles. The Morgan fingerprint density at radius 2 is 2.46 bits per heavy atom. The first-order valence-corrected chi connectivity index (χ1v) is 4.62. The van der Waals surface area contributed by atoms with E-state index in [2.05, 4.69) is 9.97 Å². The van der Waals surface area contributed by atoms with Crippen LogP contribution in [0.1, 0.15) is 17.3 Å². The predicted molar refractivity (Wildman–Crippen MR) is 49.8 cm³/mol. The molecule has 1 heterocycles. The van der Waals surface area contributed by atoms with E-state index < -0.39 is 5.97 Å². The summed E-state index contributed by atoms with van der Waals surface area (Å²) in [6, 6.07) is 0. The van der Waals surface area contributed by atoms with Crippen LogP contribution in [0.4, 0.5) is 5.82 Å². The van der Waals surface area contributed by atoms with Crippen LogP contribution < -0.4 is 5.73 Å². The lowest BCUT2D eigenvalue weighted by Gasteiger charge is -2.00. The maximum atomic E-state index is 10.5. The fraction of sp³-hybridized carbons (Fsp3) is 0.286. The molecule has 0 spiro atoms. The lowest BCUT2D eigenvalue weighted by Crippen LogP contribution is -2.06. The Labute approximate surface area is 79.4 Å². The van der Waals surface area contributed by atoms with Gasteiger partial charge in [0.2, 0.25) is 0 Å². The average Bonchev–Trinajstić information content (AvgIpc) is 2.04. The number of rotatable bonds is 3. The molecule has 0 amide bonds. The van der Waals surface area contributed by atoms with E-state index in [4.69, 9.17) is 10.8 Å². The van der Waals surface area contributed by atoms with E-state index >= 15 is 0 Å². The number of aromatic nitrogens is 2. The van der Waals surface area contributed by atoms with Crippen LogP contribution in [0, 0.1) is 0 Å². The number of aromatic carboxylic acids is 1. The molecule has 0 aromatic carbocycles. The van der Waals surface area contributed by atoms with Crippen LogP contribution in [0.25, 0.3) is 0 Å². The summed E-state index contributed by atoms with van der Waals surface area (Å²) in [6.07, 6.45) is 1.22. The number of anilines is 1. The van der Waals surface area contributed by atoms with Crippen molar-refractivity contribution in [2.24, 2.45) is 0 Å². The van der Waals surface area contributed by atoms with E-state index in [0.717, 1.165) is 5.75 Å². The molecule has 0 aliphatic rings. The fourth-order valence-electron chi connectivity index (χ4n) is 0.741. The average molecular weight is 199 g/mol. The number of nitrogens with two attached hydrogens (primary N) is 1. The van der Waals surface area contributed by atoms with E-state index in [1.54, 1.807) is 0 Å². The number of hydrogen-bond acceptors (Lipinski definition) is 5. The number of nitrogens with zero attached hydrogens (tertiary/aromatic N) is 2. The van der Waals surface area contributed by atoms with Gasteiger partial charge in [-0.25, -0.2) is 14.8 Å². The fourth-order valence-corrected chi connectivity index (χ4v) is 1.29. The molecule has 0 saturated carbocycles. The van der Waals surface area contributed by atoms with Crippen molar-refractivity contribution in [3.63, 3.8) is 0 Å². The molecule has 13 heavy (non-hydrogen) atoms. The molecule has 0 atom stereocenters. The summed E-state index contributed by atoms with van der Waals surface area (Å²) in [4.78, 5) is 18.2. The summed E-state index contributed by atoms with van der Waals surface area (Å²) in [6.45, 7) is 1.95. The smallest absolute Gasteiger partial charge is 0.341 e. The highest BCUT2D eigenvalue weighted by Crippen LogP contribution is 2.15. The van der Waals surface area contributed by atoms with Crippen LogP contribution in [0.15, 0.2) is 11.4 Å². The number of carbonyl (C=O) groups is 1. The molecule has 0 radical (unpaired) electrons. The van der Waals surface area contributed by atoms with E-state index in [1.807, 2.05) is 6.92 Å². The minimum Gasteiger partial charge on any atom is -0.477 e. The van der Waals surface area contributed by atoms with Crippen molar-refractivity contribution in [1.29, 1.82) is 0 Å². The largest absolute Gasteiger partial charge is 0.477 e. The number of carboxylic acid groups (broad SMARTS) is 1. The van der Waals surface area contributed by atoms with E-state index in [9.17, 15) is 4.79 Å². The van der Waals surface area contributed by atoms with Crippen molar-refractivity contribution in [2.75, 3.05) is 11.5 Å². The van der Waals surface area contributed by atoms with Gasteiger partial charge in [-0.2, -0.15) is 0 Å². The molecule has 5 nitrogen and oxygen atoms in total. The third-order valence-corrected chi connectivity index (χ3v) is 2.04. The van der Waals surface area contributed by atoms with Crippen molar-refractivity contribution >= 4 is 23.5 Å². The molecule has 0 unspecified atom stereocenters. The number of carboxylic acids is 1. The van der Waals surface area contributed by atoms with Gasteiger partial charge in [0, 0.05) is 6.20 Å². The van der Waals surface area contributed by atoms with Gasteiger partial charge in [0.25, 0.3) is 0 Å². The van der Waals surface area contributed by atoms with Gasteiger partial charge in [-0.3, -0.25) is 0 Å². The summed E-state index contributed by atoms with van der Waals surface area (Å²) in [5.41, 5.74) is 5.35.